The molecule has 0 unspecified atom stereocenters. The van der Waals surface area contributed by atoms with Crippen LogP contribution in [0.15, 0.2) is 73.2 Å². The number of nitrogens with zero attached hydrogens (tertiary/aromatic N) is 4. The molecule has 6 heteroatoms. The first-order chi connectivity index (χ1) is 18.2. The zero-order chi connectivity index (χ0) is 25.3. The van der Waals surface area contributed by atoms with Crippen LogP contribution in [0.4, 0.5) is 0 Å². The van der Waals surface area contributed by atoms with Crippen LogP contribution in [0.1, 0.15) is 48.9 Å². The molecule has 1 spiro atoms. The zero-order valence-electron chi connectivity index (χ0n) is 21.7. The van der Waals surface area contributed by atoms with Gasteiger partial charge in [0.2, 0.25) is 5.91 Å². The number of carbonyl (C=O) groups is 1. The Labute approximate surface area is 220 Å². The third-order valence-electron chi connectivity index (χ3n) is 7.96. The van der Waals surface area contributed by atoms with Crippen molar-refractivity contribution in [3.8, 4) is 5.75 Å². The molecule has 4 heterocycles. The Morgan fingerprint density at radius 1 is 0.919 bits per heavy atom. The van der Waals surface area contributed by atoms with Crippen LogP contribution in [0.2, 0.25) is 0 Å². The Hall–Kier alpha value is -3.25. The molecule has 0 atom stereocenters. The van der Waals surface area contributed by atoms with Gasteiger partial charge in [0.1, 0.15) is 12.4 Å². The first-order valence-corrected chi connectivity index (χ1v) is 13.7. The first kappa shape index (κ1) is 25.4. The summed E-state index contributed by atoms with van der Waals surface area (Å²) in [7, 11) is 0. The fourth-order valence-electron chi connectivity index (χ4n) is 5.88. The summed E-state index contributed by atoms with van der Waals surface area (Å²) in [6.07, 6.45) is 12.6. The molecule has 3 aromatic rings. The second kappa shape index (κ2) is 12.3. The van der Waals surface area contributed by atoms with E-state index in [9.17, 15) is 4.79 Å². The molecule has 1 fully saturated rings. The molecule has 2 aromatic heterocycles. The minimum absolute atomic E-state index is 0.193. The number of pyridine rings is 2. The molecule has 1 amide bonds. The standard InChI is InChI=1S/C31H38N4O2/c36-30(22-28-11-4-6-17-33-28)35-18-14-31(15-19-35)13-5-3-10-27-9-1-2-12-29(27)37-21-20-34(25-31)24-26-8-7-16-32-23-26/h1-2,4,6-9,11-12,16-17,23H,3,5,10,13-15,18-22,24-25H2. The highest BCUT2D eigenvalue weighted by molar-refractivity contribution is 5.78. The summed E-state index contributed by atoms with van der Waals surface area (Å²) < 4.78 is 6.29. The van der Waals surface area contributed by atoms with Gasteiger partial charge in [0.25, 0.3) is 0 Å². The maximum absolute atomic E-state index is 13.0. The van der Waals surface area contributed by atoms with E-state index in [-0.39, 0.29) is 11.3 Å². The van der Waals surface area contributed by atoms with Crippen LogP contribution < -0.4 is 4.74 Å². The van der Waals surface area contributed by atoms with E-state index in [4.69, 9.17) is 4.74 Å². The number of piperidine rings is 1. The van der Waals surface area contributed by atoms with Crippen molar-refractivity contribution in [2.75, 3.05) is 32.8 Å². The Kier molecular flexibility index (Phi) is 8.46. The van der Waals surface area contributed by atoms with E-state index in [2.05, 4.69) is 50.1 Å². The van der Waals surface area contributed by atoms with Crippen molar-refractivity contribution in [2.45, 2.75) is 51.5 Å². The van der Waals surface area contributed by atoms with E-state index in [1.54, 1.807) is 6.20 Å². The van der Waals surface area contributed by atoms with Gasteiger partial charge in [-0.2, -0.15) is 0 Å². The number of amides is 1. The molecule has 0 saturated carbocycles. The van der Waals surface area contributed by atoms with Crippen molar-refractivity contribution in [3.63, 3.8) is 0 Å². The number of para-hydroxylation sites is 1. The van der Waals surface area contributed by atoms with Crippen molar-refractivity contribution in [2.24, 2.45) is 5.41 Å². The van der Waals surface area contributed by atoms with Gasteiger partial charge in [0, 0.05) is 57.0 Å². The van der Waals surface area contributed by atoms with E-state index in [1.165, 1.54) is 24.0 Å². The fourth-order valence-corrected chi connectivity index (χ4v) is 5.88. The van der Waals surface area contributed by atoms with Crippen molar-refractivity contribution < 1.29 is 9.53 Å². The SMILES string of the molecule is O=C(Cc1ccccn1)N1CCC2(CCCCc3ccccc3OCCN(Cc3cccnc3)C2)CC1. The maximum atomic E-state index is 13.0. The number of benzene rings is 1. The molecule has 0 bridgehead atoms. The van der Waals surface area contributed by atoms with Gasteiger partial charge < -0.3 is 9.64 Å². The highest BCUT2D eigenvalue weighted by Gasteiger charge is 2.37. The lowest BCUT2D eigenvalue weighted by Crippen LogP contribution is -2.48. The average molecular weight is 499 g/mol. The number of hydrogen-bond acceptors (Lipinski definition) is 5. The van der Waals surface area contributed by atoms with E-state index in [1.807, 2.05) is 36.7 Å². The van der Waals surface area contributed by atoms with E-state index >= 15 is 0 Å². The minimum atomic E-state index is 0.193. The molecule has 6 nitrogen and oxygen atoms in total. The van der Waals surface area contributed by atoms with Gasteiger partial charge in [-0.15, -0.1) is 0 Å². The van der Waals surface area contributed by atoms with E-state index in [0.717, 1.165) is 69.9 Å². The van der Waals surface area contributed by atoms with Crippen molar-refractivity contribution in [1.82, 2.24) is 19.8 Å². The average Bonchev–Trinajstić information content (AvgIpc) is 2.93. The Bertz CT molecular complexity index is 1130. The monoisotopic (exact) mass is 498 g/mol. The molecule has 194 valence electrons. The third kappa shape index (κ3) is 6.95. The second-order valence-corrected chi connectivity index (χ2v) is 10.6. The molecule has 0 aliphatic carbocycles. The van der Waals surface area contributed by atoms with E-state index < -0.39 is 0 Å². The molecule has 2 aliphatic heterocycles. The second-order valence-electron chi connectivity index (χ2n) is 10.6. The van der Waals surface area contributed by atoms with Crippen LogP contribution >= 0.6 is 0 Å². The van der Waals surface area contributed by atoms with Crippen LogP contribution in [0.25, 0.3) is 0 Å². The predicted octanol–water partition coefficient (Wildman–Crippen LogP) is 4.94. The van der Waals surface area contributed by atoms with Gasteiger partial charge in [-0.25, -0.2) is 0 Å². The predicted molar refractivity (Wildman–Crippen MR) is 145 cm³/mol. The van der Waals surface area contributed by atoms with Gasteiger partial charge >= 0.3 is 0 Å². The van der Waals surface area contributed by atoms with Crippen LogP contribution in [0, 0.1) is 5.41 Å². The minimum Gasteiger partial charge on any atom is -0.492 e. The largest absolute Gasteiger partial charge is 0.492 e. The lowest BCUT2D eigenvalue weighted by Gasteiger charge is -2.45. The summed E-state index contributed by atoms with van der Waals surface area (Å²) in [4.78, 5) is 26.3. The van der Waals surface area contributed by atoms with Crippen LogP contribution in [-0.4, -0.2) is 58.5 Å². The Morgan fingerprint density at radius 3 is 2.59 bits per heavy atom. The number of aryl methyl sites for hydroxylation is 1. The lowest BCUT2D eigenvalue weighted by atomic mass is 9.73. The smallest absolute Gasteiger partial charge is 0.228 e. The van der Waals surface area contributed by atoms with Gasteiger partial charge in [0.15, 0.2) is 0 Å². The molecular formula is C31H38N4O2. The summed E-state index contributed by atoms with van der Waals surface area (Å²) in [5, 5.41) is 0. The molecule has 0 radical (unpaired) electrons. The highest BCUT2D eigenvalue weighted by Crippen LogP contribution is 2.39. The fraction of sp³-hybridized carbons (Fsp3) is 0.452. The van der Waals surface area contributed by atoms with E-state index in [0.29, 0.717) is 13.0 Å². The van der Waals surface area contributed by atoms with Crippen LogP contribution in [0.5, 0.6) is 5.75 Å². The van der Waals surface area contributed by atoms with Gasteiger partial charge in [-0.05, 0) is 72.9 Å². The van der Waals surface area contributed by atoms with Crippen LogP contribution in [0.3, 0.4) is 0 Å². The number of ether oxygens (including phenoxy) is 1. The molecule has 0 N–H and O–H groups in total. The van der Waals surface area contributed by atoms with Crippen LogP contribution in [-0.2, 0) is 24.2 Å². The number of hydrogen-bond donors (Lipinski definition) is 0. The van der Waals surface area contributed by atoms with Crippen molar-refractivity contribution in [3.05, 3.63) is 90.0 Å². The summed E-state index contributed by atoms with van der Waals surface area (Å²) in [6.45, 7) is 5.07. The zero-order valence-corrected chi connectivity index (χ0v) is 21.7. The first-order valence-electron chi connectivity index (χ1n) is 13.7. The quantitative estimate of drug-likeness (QED) is 0.510. The van der Waals surface area contributed by atoms with Gasteiger partial charge in [-0.3, -0.25) is 19.7 Å². The molecule has 1 saturated heterocycles. The lowest BCUT2D eigenvalue weighted by molar-refractivity contribution is -0.133. The molecule has 37 heavy (non-hydrogen) atoms. The van der Waals surface area contributed by atoms with Crippen molar-refractivity contribution >= 4 is 5.91 Å². The summed E-state index contributed by atoms with van der Waals surface area (Å²) in [6, 6.07) is 18.4. The van der Waals surface area contributed by atoms with Gasteiger partial charge in [-0.1, -0.05) is 36.8 Å². The summed E-state index contributed by atoms with van der Waals surface area (Å²) in [5.74, 6) is 1.22. The molecule has 2 aliphatic rings. The normalized spacial score (nSPS) is 18.8. The number of aromatic nitrogens is 2. The Morgan fingerprint density at radius 2 is 1.78 bits per heavy atom. The topological polar surface area (TPSA) is 58.6 Å². The number of fused-ring (bicyclic) bond motifs is 1. The summed E-state index contributed by atoms with van der Waals surface area (Å²) >= 11 is 0. The molecule has 1 aromatic carbocycles. The molecule has 5 rings (SSSR count). The highest BCUT2D eigenvalue weighted by atomic mass is 16.5. The number of carbonyl (C=O) groups excluding carboxylic acids is 1. The maximum Gasteiger partial charge on any atom is 0.228 e. The third-order valence-corrected chi connectivity index (χ3v) is 7.96. The number of rotatable bonds is 4. The summed E-state index contributed by atoms with van der Waals surface area (Å²) in [5.41, 5.74) is 3.60. The number of likely N-dealkylation sites (tertiary alicyclic amines) is 1. The van der Waals surface area contributed by atoms with Gasteiger partial charge in [0.05, 0.1) is 6.42 Å². The molecular weight excluding hydrogens is 460 g/mol. The Balaban J connectivity index is 1.29. The van der Waals surface area contributed by atoms with Crippen molar-refractivity contribution in [1.29, 1.82) is 0 Å².